The molecule has 5 aromatic rings. The van der Waals surface area contributed by atoms with Gasteiger partial charge in [-0.25, -0.2) is 23.2 Å². The Balaban J connectivity index is 0.932. The van der Waals surface area contributed by atoms with Crippen molar-refractivity contribution in [2.24, 2.45) is 5.41 Å². The second-order valence-electron chi connectivity index (χ2n) is 11.8. The Morgan fingerprint density at radius 3 is 2.64 bits per heavy atom. The van der Waals surface area contributed by atoms with Gasteiger partial charge >= 0.3 is 5.97 Å². The number of halogens is 2. The summed E-state index contributed by atoms with van der Waals surface area (Å²) in [7, 11) is 1.49. The molecule has 1 saturated heterocycles. The Morgan fingerprint density at radius 1 is 1.06 bits per heavy atom. The van der Waals surface area contributed by atoms with Crippen LogP contribution in [0.1, 0.15) is 58.4 Å². The van der Waals surface area contributed by atoms with Crippen LogP contribution >= 0.6 is 11.6 Å². The van der Waals surface area contributed by atoms with Crippen LogP contribution in [0.5, 0.6) is 5.88 Å². The number of carbonyl (C=O) groups excluding carboxylic acids is 3. The molecule has 2 fully saturated rings. The lowest BCUT2D eigenvalue weighted by molar-refractivity contribution is -0.127. The maximum Gasteiger partial charge on any atom is 0.343 e. The van der Waals surface area contributed by atoms with Gasteiger partial charge in [-0.2, -0.15) is 15.2 Å². The molecule has 0 bridgehead atoms. The summed E-state index contributed by atoms with van der Waals surface area (Å²) in [6.45, 7) is 0.608. The fourth-order valence-corrected chi connectivity index (χ4v) is 6.71. The van der Waals surface area contributed by atoms with Gasteiger partial charge in [0.1, 0.15) is 16.9 Å². The number of esters is 1. The van der Waals surface area contributed by atoms with E-state index < -0.39 is 17.2 Å². The van der Waals surface area contributed by atoms with E-state index >= 15 is 0 Å². The number of aromatic nitrogens is 6. The Hall–Kier alpha value is -5.11. The van der Waals surface area contributed by atoms with Crippen molar-refractivity contribution < 1.29 is 28.2 Å². The van der Waals surface area contributed by atoms with Crippen LogP contribution in [0.4, 0.5) is 10.1 Å². The highest BCUT2D eigenvalue weighted by atomic mass is 35.5. The number of nitrogens with zero attached hydrogens (tertiary/aromatic N) is 7. The maximum absolute atomic E-state index is 13.5. The molecule has 15 heteroatoms. The SMILES string of the molecule is COc1ccn2ncc(C(=O)OCCc3cnc4c(C(=O)N[C@H]5CC[C@@]6(CCN(c7ccc(F)cc7Cl)C6=O)CC5)cnn4c3)c2n1. The maximum atomic E-state index is 13.5. The van der Waals surface area contributed by atoms with Crippen LogP contribution in [0.3, 0.4) is 0 Å². The third-order valence-electron chi connectivity index (χ3n) is 9.04. The summed E-state index contributed by atoms with van der Waals surface area (Å²) in [6, 6.07) is 5.61. The molecular formula is C32H30ClFN8O5. The zero-order valence-corrected chi connectivity index (χ0v) is 26.1. The van der Waals surface area contributed by atoms with Crippen LogP contribution in [0.25, 0.3) is 11.3 Å². The largest absolute Gasteiger partial charge is 0.481 e. The van der Waals surface area contributed by atoms with Crippen molar-refractivity contribution in [3.8, 4) is 5.88 Å². The molecule has 5 heterocycles. The Morgan fingerprint density at radius 2 is 1.85 bits per heavy atom. The summed E-state index contributed by atoms with van der Waals surface area (Å²) in [6.07, 6.45) is 11.5. The Bertz CT molecular complexity index is 2020. The van der Waals surface area contributed by atoms with Crippen molar-refractivity contribution in [3.63, 3.8) is 0 Å². The quantitative estimate of drug-likeness (QED) is 0.244. The minimum Gasteiger partial charge on any atom is -0.481 e. The Kier molecular flexibility index (Phi) is 7.96. The number of amides is 2. The van der Waals surface area contributed by atoms with Gasteiger partial charge in [-0.1, -0.05) is 11.6 Å². The lowest BCUT2D eigenvalue weighted by Crippen LogP contribution is -2.43. The van der Waals surface area contributed by atoms with Gasteiger partial charge < -0.3 is 19.7 Å². The second kappa shape index (κ2) is 12.2. The highest BCUT2D eigenvalue weighted by Crippen LogP contribution is 2.47. The van der Waals surface area contributed by atoms with Gasteiger partial charge in [-0.05, 0) is 55.9 Å². The van der Waals surface area contributed by atoms with Gasteiger partial charge in [0.2, 0.25) is 11.8 Å². The number of fused-ring (bicyclic) bond motifs is 2. The number of carbonyl (C=O) groups is 3. The molecular weight excluding hydrogens is 631 g/mol. The smallest absolute Gasteiger partial charge is 0.343 e. The molecule has 1 spiro atoms. The summed E-state index contributed by atoms with van der Waals surface area (Å²) in [4.78, 5) is 49.8. The van der Waals surface area contributed by atoms with E-state index in [4.69, 9.17) is 21.1 Å². The molecule has 2 amide bonds. The normalized spacial score (nSPS) is 19.5. The van der Waals surface area contributed by atoms with Gasteiger partial charge in [-0.3, -0.25) is 9.59 Å². The summed E-state index contributed by atoms with van der Waals surface area (Å²) in [5.41, 5.74) is 2.08. The molecule has 13 nitrogen and oxygen atoms in total. The average molecular weight is 661 g/mol. The highest BCUT2D eigenvalue weighted by molar-refractivity contribution is 6.34. The molecule has 2 aliphatic rings. The lowest BCUT2D eigenvalue weighted by Gasteiger charge is -2.36. The third-order valence-corrected chi connectivity index (χ3v) is 9.35. The Labute approximate surface area is 272 Å². The van der Waals surface area contributed by atoms with Crippen molar-refractivity contribution >= 4 is 46.4 Å². The van der Waals surface area contributed by atoms with E-state index in [1.165, 1.54) is 40.7 Å². The van der Waals surface area contributed by atoms with E-state index in [1.807, 2.05) is 0 Å². The van der Waals surface area contributed by atoms with E-state index in [2.05, 4.69) is 25.5 Å². The van der Waals surface area contributed by atoms with Crippen LogP contribution in [0, 0.1) is 11.2 Å². The first-order valence-electron chi connectivity index (χ1n) is 15.2. The monoisotopic (exact) mass is 660 g/mol. The molecule has 0 radical (unpaired) electrons. The third kappa shape index (κ3) is 5.73. The standard InChI is InChI=1S/C32H30ClFN8O5/c1-46-26-6-11-41-28(39-26)23(17-36-41)30(44)47-13-7-19-15-35-27-22(16-37-42(27)18-19)29(43)38-21-4-8-32(9-5-21)10-12-40(31(32)45)25-3-2-20(34)14-24(25)33/h2-3,6,11,14-18,21H,4-5,7-10,12-13H2,1H3,(H,38,43)/t21-,32-. The molecule has 242 valence electrons. The molecule has 1 N–H and O–H groups in total. The number of hydrogen-bond donors (Lipinski definition) is 1. The number of nitrogens with one attached hydrogen (secondary N) is 1. The summed E-state index contributed by atoms with van der Waals surface area (Å²) >= 11 is 6.24. The zero-order chi connectivity index (χ0) is 32.7. The summed E-state index contributed by atoms with van der Waals surface area (Å²) in [5, 5.41) is 11.7. The number of benzene rings is 1. The minimum absolute atomic E-state index is 0.00123. The predicted molar refractivity (Wildman–Crippen MR) is 167 cm³/mol. The zero-order valence-electron chi connectivity index (χ0n) is 25.4. The average Bonchev–Trinajstić information content (AvgIpc) is 3.78. The molecule has 4 aromatic heterocycles. The van der Waals surface area contributed by atoms with Crippen LogP contribution < -0.4 is 15.0 Å². The first kappa shape index (κ1) is 30.5. The number of ether oxygens (including phenoxy) is 2. The molecule has 0 atom stereocenters. The first-order chi connectivity index (χ1) is 22.7. The van der Waals surface area contributed by atoms with Gasteiger partial charge in [0, 0.05) is 43.7 Å². The van der Waals surface area contributed by atoms with Crippen molar-refractivity contribution in [1.82, 2.24) is 34.5 Å². The number of anilines is 1. The highest BCUT2D eigenvalue weighted by Gasteiger charge is 2.49. The molecule has 7 rings (SSSR count). The fourth-order valence-electron chi connectivity index (χ4n) is 6.44. The predicted octanol–water partition coefficient (Wildman–Crippen LogP) is 4.07. The van der Waals surface area contributed by atoms with E-state index in [1.54, 1.807) is 35.6 Å². The topological polar surface area (TPSA) is 145 Å². The van der Waals surface area contributed by atoms with Crippen molar-refractivity contribution in [2.75, 3.05) is 25.2 Å². The number of methoxy groups -OCH3 is 1. The summed E-state index contributed by atoms with van der Waals surface area (Å²) < 4.78 is 27.1. The van der Waals surface area contributed by atoms with Gasteiger partial charge in [0.15, 0.2) is 11.3 Å². The number of rotatable bonds is 8. The van der Waals surface area contributed by atoms with Gasteiger partial charge in [0.05, 0.1) is 42.2 Å². The van der Waals surface area contributed by atoms with Crippen molar-refractivity contribution in [1.29, 1.82) is 0 Å². The van der Waals surface area contributed by atoms with E-state index in [0.29, 0.717) is 73.5 Å². The van der Waals surface area contributed by atoms with Crippen molar-refractivity contribution in [3.05, 3.63) is 82.8 Å². The first-order valence-corrected chi connectivity index (χ1v) is 15.6. The van der Waals surface area contributed by atoms with Crippen LogP contribution in [0.15, 0.2) is 55.2 Å². The van der Waals surface area contributed by atoms with Gasteiger partial charge in [0.25, 0.3) is 5.91 Å². The second-order valence-corrected chi connectivity index (χ2v) is 12.2. The lowest BCUT2D eigenvalue weighted by atomic mass is 9.71. The van der Waals surface area contributed by atoms with Gasteiger partial charge in [-0.15, -0.1) is 0 Å². The van der Waals surface area contributed by atoms with Crippen molar-refractivity contribution in [2.45, 2.75) is 44.6 Å². The molecule has 1 aromatic carbocycles. The van der Waals surface area contributed by atoms with Crippen LogP contribution in [0.2, 0.25) is 5.02 Å². The molecule has 0 unspecified atom stereocenters. The fraction of sp³-hybridized carbons (Fsp3) is 0.344. The van der Waals surface area contributed by atoms with E-state index in [9.17, 15) is 18.8 Å². The molecule has 1 aliphatic carbocycles. The molecule has 1 saturated carbocycles. The van der Waals surface area contributed by atoms with Crippen LogP contribution in [-0.2, 0) is 16.0 Å². The summed E-state index contributed by atoms with van der Waals surface area (Å²) in [5.74, 6) is -0.938. The minimum atomic E-state index is -0.562. The van der Waals surface area contributed by atoms with E-state index in [-0.39, 0.29) is 35.0 Å². The number of hydrogen-bond acceptors (Lipinski definition) is 9. The van der Waals surface area contributed by atoms with Crippen LogP contribution in [-0.4, -0.2) is 73.3 Å². The van der Waals surface area contributed by atoms with E-state index in [0.717, 1.165) is 5.56 Å². The molecule has 47 heavy (non-hydrogen) atoms. The molecule has 1 aliphatic heterocycles.